The van der Waals surface area contributed by atoms with Crippen molar-refractivity contribution in [3.8, 4) is 5.75 Å². The standard InChI is InChI=1S/C10H13N3O3/c1-16-10-3-7(12-8-5-11-6-8)2-9(4-10)13(14)15/h2-4,8,11-12H,5-6H2,1H3. The third-order valence-corrected chi connectivity index (χ3v) is 2.49. The van der Waals surface area contributed by atoms with Crippen molar-refractivity contribution in [2.24, 2.45) is 0 Å². The van der Waals surface area contributed by atoms with Crippen molar-refractivity contribution in [3.05, 3.63) is 28.3 Å². The first-order valence-corrected chi connectivity index (χ1v) is 5.00. The Morgan fingerprint density at radius 1 is 1.50 bits per heavy atom. The summed E-state index contributed by atoms with van der Waals surface area (Å²) >= 11 is 0. The number of methoxy groups -OCH3 is 1. The number of hydrogen-bond acceptors (Lipinski definition) is 5. The predicted molar refractivity (Wildman–Crippen MR) is 59.9 cm³/mol. The molecule has 1 aliphatic heterocycles. The van der Waals surface area contributed by atoms with E-state index >= 15 is 0 Å². The fourth-order valence-corrected chi connectivity index (χ4v) is 1.52. The first-order chi connectivity index (χ1) is 7.69. The van der Waals surface area contributed by atoms with E-state index in [9.17, 15) is 10.1 Å². The van der Waals surface area contributed by atoms with E-state index in [0.29, 0.717) is 11.8 Å². The molecule has 0 aliphatic carbocycles. The zero-order chi connectivity index (χ0) is 11.5. The number of benzene rings is 1. The quantitative estimate of drug-likeness (QED) is 0.588. The molecule has 2 rings (SSSR count). The Kier molecular flexibility index (Phi) is 2.91. The van der Waals surface area contributed by atoms with Crippen LogP contribution in [0.15, 0.2) is 18.2 Å². The highest BCUT2D eigenvalue weighted by molar-refractivity contribution is 5.57. The van der Waals surface area contributed by atoms with Gasteiger partial charge in [0.2, 0.25) is 0 Å². The lowest BCUT2D eigenvalue weighted by Gasteiger charge is -2.28. The molecule has 1 fully saturated rings. The van der Waals surface area contributed by atoms with Crippen LogP contribution in [0.4, 0.5) is 11.4 Å². The van der Waals surface area contributed by atoms with Gasteiger partial charge in [-0.05, 0) is 0 Å². The fraction of sp³-hybridized carbons (Fsp3) is 0.400. The smallest absolute Gasteiger partial charge is 0.275 e. The van der Waals surface area contributed by atoms with Crippen LogP contribution < -0.4 is 15.4 Å². The predicted octanol–water partition coefficient (Wildman–Crippen LogP) is 0.987. The molecule has 0 unspecified atom stereocenters. The van der Waals surface area contributed by atoms with Crippen LogP contribution in [-0.4, -0.2) is 31.2 Å². The minimum absolute atomic E-state index is 0.0362. The van der Waals surface area contributed by atoms with Gasteiger partial charge in [-0.15, -0.1) is 0 Å². The molecular weight excluding hydrogens is 210 g/mol. The minimum atomic E-state index is -0.424. The molecule has 0 spiro atoms. The number of ether oxygens (including phenoxy) is 1. The lowest BCUT2D eigenvalue weighted by molar-refractivity contribution is -0.384. The Morgan fingerprint density at radius 2 is 2.25 bits per heavy atom. The van der Waals surface area contributed by atoms with Gasteiger partial charge in [-0.3, -0.25) is 10.1 Å². The average Bonchev–Trinajstić information content (AvgIpc) is 2.23. The summed E-state index contributed by atoms with van der Waals surface area (Å²) in [5, 5.41) is 17.0. The normalized spacial score (nSPS) is 15.3. The second kappa shape index (κ2) is 4.36. The zero-order valence-electron chi connectivity index (χ0n) is 8.90. The molecule has 1 aliphatic rings. The minimum Gasteiger partial charge on any atom is -0.496 e. The van der Waals surface area contributed by atoms with Gasteiger partial charge in [-0.1, -0.05) is 0 Å². The van der Waals surface area contributed by atoms with Crippen LogP contribution in [0.3, 0.4) is 0 Å². The summed E-state index contributed by atoms with van der Waals surface area (Å²) in [6.45, 7) is 1.76. The van der Waals surface area contributed by atoms with Crippen LogP contribution in [0.1, 0.15) is 0 Å². The van der Waals surface area contributed by atoms with E-state index in [4.69, 9.17) is 4.74 Å². The number of nitrogens with zero attached hydrogens (tertiary/aromatic N) is 1. The van der Waals surface area contributed by atoms with Crippen LogP contribution in [0.25, 0.3) is 0 Å². The van der Waals surface area contributed by atoms with Crippen LogP contribution >= 0.6 is 0 Å². The van der Waals surface area contributed by atoms with E-state index in [0.717, 1.165) is 18.8 Å². The second-order valence-corrected chi connectivity index (χ2v) is 3.68. The molecule has 0 radical (unpaired) electrons. The van der Waals surface area contributed by atoms with Crippen molar-refractivity contribution in [1.29, 1.82) is 0 Å². The molecule has 16 heavy (non-hydrogen) atoms. The number of nitro benzene ring substituents is 1. The highest BCUT2D eigenvalue weighted by atomic mass is 16.6. The summed E-state index contributed by atoms with van der Waals surface area (Å²) in [6, 6.07) is 5.02. The van der Waals surface area contributed by atoms with Crippen LogP contribution in [0, 0.1) is 10.1 Å². The molecule has 2 N–H and O–H groups in total. The summed E-state index contributed by atoms with van der Waals surface area (Å²) in [7, 11) is 1.49. The van der Waals surface area contributed by atoms with E-state index in [1.54, 1.807) is 6.07 Å². The first-order valence-electron chi connectivity index (χ1n) is 5.00. The van der Waals surface area contributed by atoms with Gasteiger partial charge in [0, 0.05) is 30.9 Å². The number of nitro groups is 1. The fourth-order valence-electron chi connectivity index (χ4n) is 1.52. The largest absolute Gasteiger partial charge is 0.496 e. The van der Waals surface area contributed by atoms with Crippen LogP contribution in [0.5, 0.6) is 5.75 Å². The Morgan fingerprint density at radius 3 is 2.75 bits per heavy atom. The topological polar surface area (TPSA) is 76.4 Å². The van der Waals surface area contributed by atoms with Crippen LogP contribution in [-0.2, 0) is 0 Å². The number of rotatable bonds is 4. The Balaban J connectivity index is 2.21. The van der Waals surface area contributed by atoms with Crippen molar-refractivity contribution in [3.63, 3.8) is 0 Å². The van der Waals surface area contributed by atoms with Gasteiger partial charge in [0.1, 0.15) is 5.75 Å². The summed E-state index contributed by atoms with van der Waals surface area (Å²) < 4.78 is 5.02. The first kappa shape index (κ1) is 10.7. The third kappa shape index (κ3) is 2.22. The Labute approximate surface area is 92.8 Å². The summed E-state index contributed by atoms with van der Waals surface area (Å²) in [5.74, 6) is 0.490. The SMILES string of the molecule is COc1cc(NC2CNC2)cc([N+](=O)[O-])c1. The molecule has 0 amide bonds. The molecule has 1 saturated heterocycles. The highest BCUT2D eigenvalue weighted by Crippen LogP contribution is 2.26. The molecule has 86 valence electrons. The summed E-state index contributed by atoms with van der Waals surface area (Å²) in [4.78, 5) is 10.3. The molecule has 0 atom stereocenters. The third-order valence-electron chi connectivity index (χ3n) is 2.49. The van der Waals surface area contributed by atoms with Crippen molar-refractivity contribution in [2.45, 2.75) is 6.04 Å². The van der Waals surface area contributed by atoms with Crippen molar-refractivity contribution >= 4 is 11.4 Å². The van der Waals surface area contributed by atoms with Crippen LogP contribution in [0.2, 0.25) is 0 Å². The van der Waals surface area contributed by atoms with Gasteiger partial charge in [-0.2, -0.15) is 0 Å². The van der Waals surface area contributed by atoms with E-state index < -0.39 is 4.92 Å². The molecule has 1 heterocycles. The lowest BCUT2D eigenvalue weighted by atomic mass is 10.1. The van der Waals surface area contributed by atoms with Gasteiger partial charge < -0.3 is 15.4 Å². The van der Waals surface area contributed by atoms with Gasteiger partial charge in [0.05, 0.1) is 24.1 Å². The Bertz CT molecular complexity index is 404. The van der Waals surface area contributed by atoms with Gasteiger partial charge in [0.15, 0.2) is 0 Å². The van der Waals surface area contributed by atoms with Gasteiger partial charge in [0.25, 0.3) is 5.69 Å². The van der Waals surface area contributed by atoms with E-state index in [1.807, 2.05) is 0 Å². The van der Waals surface area contributed by atoms with Crippen molar-refractivity contribution in [1.82, 2.24) is 5.32 Å². The van der Waals surface area contributed by atoms with Crippen molar-refractivity contribution < 1.29 is 9.66 Å². The zero-order valence-corrected chi connectivity index (χ0v) is 8.90. The maximum atomic E-state index is 10.7. The second-order valence-electron chi connectivity index (χ2n) is 3.68. The van der Waals surface area contributed by atoms with E-state index in [-0.39, 0.29) is 5.69 Å². The monoisotopic (exact) mass is 223 g/mol. The molecule has 1 aromatic rings. The Hall–Kier alpha value is -1.82. The molecule has 0 saturated carbocycles. The van der Waals surface area contributed by atoms with Gasteiger partial charge >= 0.3 is 0 Å². The molecule has 6 heteroatoms. The number of nitrogens with one attached hydrogen (secondary N) is 2. The maximum Gasteiger partial charge on any atom is 0.275 e. The molecule has 0 aromatic heterocycles. The van der Waals surface area contributed by atoms with Crippen molar-refractivity contribution in [2.75, 3.05) is 25.5 Å². The number of hydrogen-bond donors (Lipinski definition) is 2. The molecule has 0 bridgehead atoms. The molecular formula is C10H13N3O3. The summed E-state index contributed by atoms with van der Waals surface area (Å²) in [5.41, 5.74) is 0.756. The van der Waals surface area contributed by atoms with Gasteiger partial charge in [-0.25, -0.2) is 0 Å². The maximum absolute atomic E-state index is 10.7. The average molecular weight is 223 g/mol. The number of anilines is 1. The number of non-ortho nitro benzene ring substituents is 1. The summed E-state index contributed by atoms with van der Waals surface area (Å²) in [6.07, 6.45) is 0. The highest BCUT2D eigenvalue weighted by Gasteiger charge is 2.18. The molecule has 6 nitrogen and oxygen atoms in total. The lowest BCUT2D eigenvalue weighted by Crippen LogP contribution is -2.51. The molecule has 1 aromatic carbocycles. The van der Waals surface area contributed by atoms with E-state index in [1.165, 1.54) is 19.2 Å². The van der Waals surface area contributed by atoms with E-state index in [2.05, 4.69) is 10.6 Å².